The molecule has 0 amide bonds. The number of hydrogen-bond acceptors (Lipinski definition) is 11. The van der Waals surface area contributed by atoms with Crippen LogP contribution >= 0.6 is 22.7 Å². The van der Waals surface area contributed by atoms with E-state index in [1.54, 1.807) is 46.9 Å². The van der Waals surface area contributed by atoms with E-state index in [1.165, 1.54) is 0 Å². The van der Waals surface area contributed by atoms with E-state index in [2.05, 4.69) is 19.9 Å². The number of ether oxygens (including phenoxy) is 5. The van der Waals surface area contributed by atoms with E-state index >= 15 is 0 Å². The van der Waals surface area contributed by atoms with E-state index in [4.69, 9.17) is 23.7 Å². The van der Waals surface area contributed by atoms with E-state index in [0.29, 0.717) is 53.7 Å². The van der Waals surface area contributed by atoms with Crippen LogP contribution in [0.4, 0.5) is 0 Å². The van der Waals surface area contributed by atoms with Gasteiger partial charge in [-0.2, -0.15) is 0 Å². The molecule has 55 heavy (non-hydrogen) atoms. The maximum absolute atomic E-state index is 13.0. The highest BCUT2D eigenvalue weighted by Crippen LogP contribution is 2.28. The number of esters is 2. The standard InChI is InChI=1S/C44H48O9S2/c1-43(2,21-9-11-23-49-39(45)27-50-29-17-19-37-33(25-29)41(47)31-13-5-7-15-35(31)54-37)52-24-12-10-22-44(3,4)53-40(46)28-51-30-18-20-38-34(26-30)42(48)32-14-6-8-16-36(32)55-38/h6,8,13-20,25-26H,5,7,9-12,21-24,27-28H2,1-4H3. The lowest BCUT2D eigenvalue weighted by molar-refractivity contribution is -0.159. The summed E-state index contributed by atoms with van der Waals surface area (Å²) in [6.07, 6.45) is 10.6. The molecule has 0 bridgehead atoms. The van der Waals surface area contributed by atoms with Crippen LogP contribution in [-0.2, 0) is 23.8 Å². The van der Waals surface area contributed by atoms with E-state index in [9.17, 15) is 19.2 Å². The van der Waals surface area contributed by atoms with Gasteiger partial charge in [-0.1, -0.05) is 24.3 Å². The zero-order chi connectivity index (χ0) is 39.0. The third kappa shape index (κ3) is 10.8. The number of rotatable bonds is 18. The summed E-state index contributed by atoms with van der Waals surface area (Å²) in [5, 5.41) is 2.60. The largest absolute Gasteiger partial charge is 0.482 e. The summed E-state index contributed by atoms with van der Waals surface area (Å²) in [6.45, 7) is 8.28. The van der Waals surface area contributed by atoms with Gasteiger partial charge in [0.15, 0.2) is 24.1 Å². The van der Waals surface area contributed by atoms with Crippen molar-refractivity contribution in [1.29, 1.82) is 0 Å². The first-order valence-electron chi connectivity index (χ1n) is 18.9. The first-order chi connectivity index (χ1) is 26.4. The van der Waals surface area contributed by atoms with Crippen LogP contribution in [0.15, 0.2) is 70.3 Å². The number of carbonyl (C=O) groups is 2. The molecule has 1 aliphatic carbocycles. The van der Waals surface area contributed by atoms with Gasteiger partial charge in [-0.05, 0) is 128 Å². The molecule has 0 saturated carbocycles. The highest BCUT2D eigenvalue weighted by molar-refractivity contribution is 7.24. The Morgan fingerprint density at radius 2 is 1.24 bits per heavy atom. The highest BCUT2D eigenvalue weighted by atomic mass is 32.1. The third-order valence-corrected chi connectivity index (χ3v) is 11.9. The minimum Gasteiger partial charge on any atom is -0.482 e. The summed E-state index contributed by atoms with van der Waals surface area (Å²) in [5.41, 5.74) is -1.05. The van der Waals surface area contributed by atoms with Crippen molar-refractivity contribution in [2.24, 2.45) is 0 Å². The number of carbonyl (C=O) groups excluding carboxylic acids is 2. The monoisotopic (exact) mass is 784 g/mol. The van der Waals surface area contributed by atoms with Crippen molar-refractivity contribution in [1.82, 2.24) is 0 Å². The number of fused-ring (bicyclic) bond motifs is 4. The summed E-state index contributed by atoms with van der Waals surface area (Å²) in [5.74, 6) is -0.00443. The number of hydrogen-bond donors (Lipinski definition) is 0. The smallest absolute Gasteiger partial charge is 0.344 e. The summed E-state index contributed by atoms with van der Waals surface area (Å²) in [4.78, 5) is 50.9. The van der Waals surface area contributed by atoms with Gasteiger partial charge in [0.2, 0.25) is 0 Å². The Balaban J connectivity index is 0.828. The molecule has 0 saturated heterocycles. The fraction of sp³-hybridized carbons (Fsp3) is 0.409. The van der Waals surface area contributed by atoms with Crippen molar-refractivity contribution in [3.8, 4) is 11.5 Å². The summed E-state index contributed by atoms with van der Waals surface area (Å²) >= 11 is 3.14. The molecule has 2 aromatic heterocycles. The molecule has 290 valence electrons. The first kappa shape index (κ1) is 40.1. The molecule has 9 nitrogen and oxygen atoms in total. The molecular formula is C44H48O9S2. The molecule has 0 atom stereocenters. The van der Waals surface area contributed by atoms with Gasteiger partial charge in [-0.25, -0.2) is 9.59 Å². The predicted octanol–water partition coefficient (Wildman–Crippen LogP) is 7.80. The fourth-order valence-electron chi connectivity index (χ4n) is 6.58. The first-order valence-corrected chi connectivity index (χ1v) is 20.5. The molecule has 2 heterocycles. The molecule has 0 radical (unpaired) electrons. The van der Waals surface area contributed by atoms with E-state index in [-0.39, 0.29) is 29.7 Å². The Kier molecular flexibility index (Phi) is 13.1. The summed E-state index contributed by atoms with van der Waals surface area (Å²) in [6, 6.07) is 18.2. The second-order valence-electron chi connectivity index (χ2n) is 15.0. The second kappa shape index (κ2) is 17.9. The van der Waals surface area contributed by atoms with Crippen LogP contribution in [0.5, 0.6) is 11.5 Å². The molecule has 0 fully saturated rings. The molecule has 0 spiro atoms. The molecule has 11 heteroatoms. The van der Waals surface area contributed by atoms with E-state index in [1.807, 2.05) is 56.3 Å². The molecule has 1 aliphatic rings. The van der Waals surface area contributed by atoms with Crippen molar-refractivity contribution >= 4 is 77.0 Å². The van der Waals surface area contributed by atoms with Crippen molar-refractivity contribution in [2.75, 3.05) is 26.4 Å². The van der Waals surface area contributed by atoms with Gasteiger partial charge in [0.1, 0.15) is 17.1 Å². The van der Waals surface area contributed by atoms with Gasteiger partial charge < -0.3 is 23.7 Å². The normalized spacial score (nSPS) is 12.9. The SMILES string of the molecule is CC(C)(CCCCOC(=O)COc1ccc2sc3c(c(=O)c2c1)=CCCC=3)OCCCCC(C)(C)OC(=O)COc1ccc2sc3ccccc3c(=O)c2c1. The Morgan fingerprint density at radius 3 is 1.98 bits per heavy atom. The van der Waals surface area contributed by atoms with Crippen LogP contribution in [0.25, 0.3) is 42.4 Å². The maximum Gasteiger partial charge on any atom is 0.344 e. The lowest BCUT2D eigenvalue weighted by atomic mass is 10.00. The molecule has 0 N–H and O–H groups in total. The van der Waals surface area contributed by atoms with Gasteiger partial charge >= 0.3 is 11.9 Å². The molecular weight excluding hydrogens is 737 g/mol. The molecule has 0 unspecified atom stereocenters. The lowest BCUT2D eigenvalue weighted by Gasteiger charge is -2.27. The van der Waals surface area contributed by atoms with Crippen LogP contribution in [0.1, 0.15) is 79.1 Å². The Labute approximate surface area is 328 Å². The van der Waals surface area contributed by atoms with Gasteiger partial charge in [0.05, 0.1) is 12.2 Å². The summed E-state index contributed by atoms with van der Waals surface area (Å²) < 4.78 is 32.3. The van der Waals surface area contributed by atoms with Crippen LogP contribution in [0.3, 0.4) is 0 Å². The number of benzene rings is 3. The molecule has 3 aromatic carbocycles. The lowest BCUT2D eigenvalue weighted by Crippen LogP contribution is -2.38. The molecule has 5 aromatic rings. The van der Waals surface area contributed by atoms with Gasteiger partial charge in [-0.15, -0.1) is 22.7 Å². The van der Waals surface area contributed by atoms with Crippen LogP contribution in [0, 0.1) is 0 Å². The Hall–Kier alpha value is -4.58. The molecule has 6 rings (SSSR count). The van der Waals surface area contributed by atoms with Crippen LogP contribution in [-0.4, -0.2) is 49.6 Å². The Bertz CT molecular complexity index is 2430. The zero-order valence-corrected chi connectivity index (χ0v) is 33.5. The minimum atomic E-state index is -0.668. The number of unbranched alkanes of at least 4 members (excludes halogenated alkanes) is 2. The quantitative estimate of drug-likeness (QED) is 0.0499. The minimum absolute atomic E-state index is 0.000600. The van der Waals surface area contributed by atoms with Crippen molar-refractivity contribution in [3.63, 3.8) is 0 Å². The topological polar surface area (TPSA) is 114 Å². The molecule has 0 aliphatic heterocycles. The highest BCUT2D eigenvalue weighted by Gasteiger charge is 2.24. The predicted molar refractivity (Wildman–Crippen MR) is 221 cm³/mol. The maximum atomic E-state index is 13.0. The average Bonchev–Trinajstić information content (AvgIpc) is 3.16. The Morgan fingerprint density at radius 1 is 0.636 bits per heavy atom. The van der Waals surface area contributed by atoms with Gasteiger partial charge in [0.25, 0.3) is 0 Å². The van der Waals surface area contributed by atoms with Crippen molar-refractivity contribution < 1.29 is 33.3 Å². The van der Waals surface area contributed by atoms with E-state index in [0.717, 1.165) is 62.4 Å². The van der Waals surface area contributed by atoms with Crippen molar-refractivity contribution in [3.05, 3.63) is 90.9 Å². The van der Waals surface area contributed by atoms with Crippen molar-refractivity contribution in [2.45, 2.75) is 90.3 Å². The van der Waals surface area contributed by atoms with Gasteiger partial charge in [-0.3, -0.25) is 9.59 Å². The van der Waals surface area contributed by atoms with Crippen LogP contribution in [0.2, 0.25) is 0 Å². The second-order valence-corrected chi connectivity index (χ2v) is 17.2. The summed E-state index contributed by atoms with van der Waals surface area (Å²) in [7, 11) is 0. The average molecular weight is 785 g/mol. The third-order valence-electron chi connectivity index (χ3n) is 9.52. The zero-order valence-electron chi connectivity index (χ0n) is 31.9. The van der Waals surface area contributed by atoms with Crippen LogP contribution < -0.4 is 30.1 Å². The van der Waals surface area contributed by atoms with Gasteiger partial charge in [0, 0.05) is 46.6 Å². The fourth-order valence-corrected chi connectivity index (χ4v) is 8.76. The van der Waals surface area contributed by atoms with E-state index < -0.39 is 17.5 Å².